The molecule has 1 amide bonds. The SMILES string of the molecule is Cc1ccc(C(=O)Nc2nnc(S(=O)(=O)Nc3cccc(C)c3)s2)cc1. The monoisotopic (exact) mass is 388 g/mol. The van der Waals surface area contributed by atoms with Crippen LogP contribution < -0.4 is 10.0 Å². The molecule has 134 valence electrons. The second-order valence-corrected chi connectivity index (χ2v) is 8.50. The van der Waals surface area contributed by atoms with Crippen LogP contribution >= 0.6 is 11.3 Å². The molecule has 3 aromatic rings. The number of anilines is 2. The molecule has 2 aromatic carbocycles. The number of benzene rings is 2. The van der Waals surface area contributed by atoms with Crippen molar-refractivity contribution < 1.29 is 13.2 Å². The molecule has 1 aromatic heterocycles. The van der Waals surface area contributed by atoms with Crippen molar-refractivity contribution >= 4 is 38.1 Å². The molecule has 0 saturated heterocycles. The Morgan fingerprint density at radius 2 is 1.73 bits per heavy atom. The number of carbonyl (C=O) groups is 1. The summed E-state index contributed by atoms with van der Waals surface area (Å²) in [4.78, 5) is 12.2. The van der Waals surface area contributed by atoms with Crippen LogP contribution in [0, 0.1) is 13.8 Å². The van der Waals surface area contributed by atoms with Crippen molar-refractivity contribution in [2.75, 3.05) is 10.0 Å². The van der Waals surface area contributed by atoms with Gasteiger partial charge in [-0.2, -0.15) is 8.42 Å². The number of nitrogens with zero attached hydrogens (tertiary/aromatic N) is 2. The highest BCUT2D eigenvalue weighted by atomic mass is 32.2. The predicted octanol–water partition coefficient (Wildman–Crippen LogP) is 3.21. The van der Waals surface area contributed by atoms with Crippen molar-refractivity contribution in [2.24, 2.45) is 0 Å². The molecule has 0 spiro atoms. The Labute approximate surface area is 155 Å². The highest BCUT2D eigenvalue weighted by molar-refractivity contribution is 7.94. The molecule has 0 unspecified atom stereocenters. The van der Waals surface area contributed by atoms with Gasteiger partial charge in [0.2, 0.25) is 5.13 Å². The first kappa shape index (κ1) is 18.0. The Kier molecular flexibility index (Phi) is 5.01. The molecule has 0 aliphatic heterocycles. The van der Waals surface area contributed by atoms with E-state index in [0.29, 0.717) is 11.3 Å². The summed E-state index contributed by atoms with van der Waals surface area (Å²) in [6.45, 7) is 3.78. The molecule has 3 rings (SSSR count). The third kappa shape index (κ3) is 4.24. The number of hydrogen-bond donors (Lipinski definition) is 2. The minimum absolute atomic E-state index is 0.111. The smallest absolute Gasteiger partial charge is 0.291 e. The van der Waals surface area contributed by atoms with Crippen LogP contribution in [0.1, 0.15) is 21.5 Å². The molecule has 0 saturated carbocycles. The van der Waals surface area contributed by atoms with Crippen molar-refractivity contribution in [3.05, 3.63) is 65.2 Å². The lowest BCUT2D eigenvalue weighted by Gasteiger charge is -2.05. The fourth-order valence-electron chi connectivity index (χ4n) is 2.15. The molecule has 2 N–H and O–H groups in total. The highest BCUT2D eigenvalue weighted by Crippen LogP contribution is 2.23. The number of aryl methyl sites for hydroxylation is 2. The molecule has 26 heavy (non-hydrogen) atoms. The zero-order valence-electron chi connectivity index (χ0n) is 14.1. The van der Waals surface area contributed by atoms with Gasteiger partial charge >= 0.3 is 0 Å². The van der Waals surface area contributed by atoms with Gasteiger partial charge in [0.15, 0.2) is 0 Å². The average molecular weight is 388 g/mol. The van der Waals surface area contributed by atoms with Gasteiger partial charge in [0.1, 0.15) is 0 Å². The summed E-state index contributed by atoms with van der Waals surface area (Å²) in [5.41, 5.74) is 2.85. The molecule has 0 fully saturated rings. The third-order valence-electron chi connectivity index (χ3n) is 3.44. The third-order valence-corrected chi connectivity index (χ3v) is 6.03. The molecular formula is C17H16N4O3S2. The van der Waals surface area contributed by atoms with Crippen LogP contribution in [0.4, 0.5) is 10.8 Å². The maximum Gasteiger partial charge on any atom is 0.291 e. The lowest BCUT2D eigenvalue weighted by molar-refractivity contribution is 0.102. The number of nitrogens with one attached hydrogen (secondary N) is 2. The van der Waals surface area contributed by atoms with Crippen molar-refractivity contribution in [3.63, 3.8) is 0 Å². The first-order chi connectivity index (χ1) is 12.3. The van der Waals surface area contributed by atoms with E-state index in [9.17, 15) is 13.2 Å². The molecular weight excluding hydrogens is 372 g/mol. The van der Waals surface area contributed by atoms with E-state index in [1.54, 1.807) is 30.3 Å². The van der Waals surface area contributed by atoms with Gasteiger partial charge in [0.25, 0.3) is 20.3 Å². The van der Waals surface area contributed by atoms with Gasteiger partial charge in [0, 0.05) is 11.3 Å². The first-order valence-corrected chi connectivity index (χ1v) is 9.94. The maximum absolute atomic E-state index is 12.4. The van der Waals surface area contributed by atoms with Gasteiger partial charge in [-0.25, -0.2) is 0 Å². The Balaban J connectivity index is 1.74. The van der Waals surface area contributed by atoms with Gasteiger partial charge in [-0.05, 0) is 43.7 Å². The van der Waals surface area contributed by atoms with Gasteiger partial charge < -0.3 is 0 Å². The summed E-state index contributed by atoms with van der Waals surface area (Å²) in [6, 6.07) is 14.0. The van der Waals surface area contributed by atoms with E-state index < -0.39 is 10.0 Å². The van der Waals surface area contributed by atoms with Crippen LogP contribution in [0.15, 0.2) is 52.9 Å². The summed E-state index contributed by atoms with van der Waals surface area (Å²) >= 11 is 0.785. The number of sulfonamides is 1. The fourth-order valence-corrected chi connectivity index (χ4v) is 4.10. The van der Waals surface area contributed by atoms with Gasteiger partial charge in [-0.15, -0.1) is 10.2 Å². The molecule has 7 nitrogen and oxygen atoms in total. The molecule has 0 aliphatic rings. The predicted molar refractivity (Wildman–Crippen MR) is 101 cm³/mol. The Morgan fingerprint density at radius 3 is 2.42 bits per heavy atom. The van der Waals surface area contributed by atoms with Crippen molar-refractivity contribution in [2.45, 2.75) is 18.2 Å². The molecule has 0 atom stereocenters. The van der Waals surface area contributed by atoms with Crippen LogP contribution in [0.25, 0.3) is 0 Å². The van der Waals surface area contributed by atoms with E-state index in [2.05, 4.69) is 20.2 Å². The van der Waals surface area contributed by atoms with Gasteiger partial charge in [-0.3, -0.25) is 14.8 Å². The molecule has 1 heterocycles. The molecule has 0 radical (unpaired) electrons. The minimum atomic E-state index is -3.87. The van der Waals surface area contributed by atoms with Gasteiger partial charge in [-0.1, -0.05) is 41.2 Å². The van der Waals surface area contributed by atoms with E-state index in [-0.39, 0.29) is 15.4 Å². The number of rotatable bonds is 5. The van der Waals surface area contributed by atoms with Crippen LogP contribution in [0.2, 0.25) is 0 Å². The van der Waals surface area contributed by atoms with Crippen LogP contribution in [0.3, 0.4) is 0 Å². The lowest BCUT2D eigenvalue weighted by atomic mass is 10.1. The van der Waals surface area contributed by atoms with Crippen LogP contribution in [-0.4, -0.2) is 24.5 Å². The average Bonchev–Trinajstić information content (AvgIpc) is 3.04. The Hall–Kier alpha value is -2.78. The number of amides is 1. The van der Waals surface area contributed by atoms with Crippen LogP contribution in [0.5, 0.6) is 0 Å². The quantitative estimate of drug-likeness (QED) is 0.654. The number of carbonyl (C=O) groups excluding carboxylic acids is 1. The summed E-state index contributed by atoms with van der Waals surface area (Å²) in [6.07, 6.45) is 0. The van der Waals surface area contributed by atoms with Crippen molar-refractivity contribution in [3.8, 4) is 0 Å². The second-order valence-electron chi connectivity index (χ2n) is 5.67. The minimum Gasteiger partial charge on any atom is -0.296 e. The first-order valence-electron chi connectivity index (χ1n) is 7.64. The summed E-state index contributed by atoms with van der Waals surface area (Å²) in [5.74, 6) is -0.378. The van der Waals surface area contributed by atoms with E-state index in [0.717, 1.165) is 22.5 Å². The van der Waals surface area contributed by atoms with Crippen molar-refractivity contribution in [1.82, 2.24) is 10.2 Å². The highest BCUT2D eigenvalue weighted by Gasteiger charge is 2.21. The Morgan fingerprint density at radius 1 is 1.00 bits per heavy atom. The summed E-state index contributed by atoms with van der Waals surface area (Å²) in [7, 11) is -3.87. The Bertz CT molecular complexity index is 1040. The molecule has 0 bridgehead atoms. The zero-order chi connectivity index (χ0) is 18.7. The lowest BCUT2D eigenvalue weighted by Crippen LogP contribution is -2.12. The number of hydrogen-bond acceptors (Lipinski definition) is 6. The molecule has 0 aliphatic carbocycles. The standard InChI is InChI=1S/C17H16N4O3S2/c1-11-6-8-13(9-7-11)15(22)18-16-19-20-17(25-16)26(23,24)21-14-5-3-4-12(2)10-14/h3-10,21H,1-2H3,(H,18,19,22). The summed E-state index contributed by atoms with van der Waals surface area (Å²) in [5, 5.41) is 10.1. The fraction of sp³-hybridized carbons (Fsp3) is 0.118. The van der Waals surface area contributed by atoms with E-state index in [1.807, 2.05) is 32.0 Å². The maximum atomic E-state index is 12.4. The van der Waals surface area contributed by atoms with Crippen LogP contribution in [-0.2, 0) is 10.0 Å². The van der Waals surface area contributed by atoms with Crippen molar-refractivity contribution in [1.29, 1.82) is 0 Å². The topological polar surface area (TPSA) is 101 Å². The second kappa shape index (κ2) is 7.22. The van der Waals surface area contributed by atoms with E-state index in [1.165, 1.54) is 0 Å². The number of aromatic nitrogens is 2. The van der Waals surface area contributed by atoms with E-state index >= 15 is 0 Å². The van der Waals surface area contributed by atoms with E-state index in [4.69, 9.17) is 0 Å². The largest absolute Gasteiger partial charge is 0.296 e. The molecule has 9 heteroatoms. The normalized spacial score (nSPS) is 11.2. The zero-order valence-corrected chi connectivity index (χ0v) is 15.7. The van der Waals surface area contributed by atoms with Gasteiger partial charge in [0.05, 0.1) is 0 Å². The summed E-state index contributed by atoms with van der Waals surface area (Å²) < 4.78 is 27.0.